The number of amides is 1. The molecule has 162 valence electrons. The van der Waals surface area contributed by atoms with E-state index >= 15 is 0 Å². The molecule has 1 aliphatic carbocycles. The number of anilines is 1. The highest BCUT2D eigenvalue weighted by molar-refractivity contribution is 9.10. The number of piperidine rings is 2. The van der Waals surface area contributed by atoms with Crippen LogP contribution in [0.2, 0.25) is 5.15 Å². The van der Waals surface area contributed by atoms with Crippen molar-refractivity contribution in [1.29, 1.82) is 0 Å². The number of piperazine rings is 1. The standard InChI is InChI=1S/C20H24BrClFN5O2/c1-20(2,3)30-19(29)27-9-11-6-7-12(27)8-26(11)18-13-15(28(25-18)10-4-5-10)14(23)17(22)24-16(13)21/h10-12H,4-9H2,1-3H3/t11-,12-/m0/s1. The number of halogens is 3. The van der Waals surface area contributed by atoms with E-state index in [0.29, 0.717) is 34.4 Å². The number of aromatic nitrogens is 3. The summed E-state index contributed by atoms with van der Waals surface area (Å²) in [4.78, 5) is 20.9. The summed E-state index contributed by atoms with van der Waals surface area (Å²) in [5.74, 6) is 0.184. The molecule has 0 aromatic carbocycles. The molecule has 0 N–H and O–H groups in total. The number of hydrogen-bond acceptors (Lipinski definition) is 5. The van der Waals surface area contributed by atoms with E-state index < -0.39 is 11.4 Å². The van der Waals surface area contributed by atoms with E-state index in [1.165, 1.54) is 0 Å². The molecule has 0 spiro atoms. The van der Waals surface area contributed by atoms with Crippen molar-refractivity contribution in [1.82, 2.24) is 19.7 Å². The fourth-order valence-corrected chi connectivity index (χ4v) is 5.35. The molecule has 1 saturated carbocycles. The van der Waals surface area contributed by atoms with Crippen molar-refractivity contribution < 1.29 is 13.9 Å². The van der Waals surface area contributed by atoms with Gasteiger partial charge < -0.3 is 14.5 Å². The van der Waals surface area contributed by atoms with Gasteiger partial charge in [0.25, 0.3) is 0 Å². The van der Waals surface area contributed by atoms with Crippen molar-refractivity contribution in [2.24, 2.45) is 0 Å². The number of rotatable bonds is 2. The minimum absolute atomic E-state index is 0.0369. The molecule has 10 heteroatoms. The first-order chi connectivity index (χ1) is 14.1. The molecule has 2 atom stereocenters. The number of hydrogen-bond donors (Lipinski definition) is 0. The van der Waals surface area contributed by atoms with Crippen LogP contribution in [0.25, 0.3) is 10.9 Å². The largest absolute Gasteiger partial charge is 0.444 e. The molecule has 4 aliphatic rings. The van der Waals surface area contributed by atoms with Crippen molar-refractivity contribution in [3.8, 4) is 0 Å². The van der Waals surface area contributed by atoms with Crippen LogP contribution in [0.3, 0.4) is 0 Å². The normalized spacial score (nSPS) is 24.1. The molecule has 0 radical (unpaired) electrons. The van der Waals surface area contributed by atoms with Crippen LogP contribution >= 0.6 is 27.5 Å². The fourth-order valence-electron chi connectivity index (χ4n) is 4.53. The van der Waals surface area contributed by atoms with E-state index in [4.69, 9.17) is 21.4 Å². The number of nitrogens with zero attached hydrogens (tertiary/aromatic N) is 5. The lowest BCUT2D eigenvalue weighted by molar-refractivity contribution is 0.000806. The van der Waals surface area contributed by atoms with E-state index in [0.717, 1.165) is 25.7 Å². The van der Waals surface area contributed by atoms with Crippen LogP contribution in [0.1, 0.15) is 52.5 Å². The Morgan fingerprint density at radius 2 is 1.83 bits per heavy atom. The second-order valence-electron chi connectivity index (χ2n) is 9.40. The summed E-state index contributed by atoms with van der Waals surface area (Å²) in [5, 5.41) is 5.32. The van der Waals surface area contributed by atoms with Crippen LogP contribution in [-0.2, 0) is 4.74 Å². The van der Waals surface area contributed by atoms with Gasteiger partial charge in [-0.3, -0.25) is 4.68 Å². The lowest BCUT2D eigenvalue weighted by Crippen LogP contribution is -2.64. The minimum atomic E-state index is -0.530. The first-order valence-corrected chi connectivity index (χ1v) is 11.5. The Morgan fingerprint density at radius 1 is 1.17 bits per heavy atom. The first-order valence-electron chi connectivity index (χ1n) is 10.3. The number of ether oxygens (including phenoxy) is 1. The van der Waals surface area contributed by atoms with E-state index in [9.17, 15) is 9.18 Å². The summed E-state index contributed by atoms with van der Waals surface area (Å²) in [6.45, 7) is 6.83. The van der Waals surface area contributed by atoms with Gasteiger partial charge in [0.05, 0.1) is 17.5 Å². The molecule has 3 aliphatic heterocycles. The minimum Gasteiger partial charge on any atom is -0.444 e. The van der Waals surface area contributed by atoms with Crippen LogP contribution in [0.5, 0.6) is 0 Å². The quantitative estimate of drug-likeness (QED) is 0.548. The van der Waals surface area contributed by atoms with Gasteiger partial charge in [-0.15, -0.1) is 0 Å². The lowest BCUT2D eigenvalue weighted by atomic mass is 9.91. The molecule has 5 heterocycles. The molecule has 6 rings (SSSR count). The van der Waals surface area contributed by atoms with Gasteiger partial charge in [0.2, 0.25) is 0 Å². The lowest BCUT2D eigenvalue weighted by Gasteiger charge is -2.51. The molecule has 1 amide bonds. The Bertz CT molecular complexity index is 1030. The average Bonchev–Trinajstić information content (AvgIpc) is 3.44. The Hall–Kier alpha value is -1.61. The maximum Gasteiger partial charge on any atom is 0.410 e. The third-order valence-corrected chi connectivity index (χ3v) is 6.83. The zero-order chi connectivity index (χ0) is 21.4. The smallest absolute Gasteiger partial charge is 0.410 e. The third-order valence-electron chi connectivity index (χ3n) is 6.01. The van der Waals surface area contributed by atoms with Crippen LogP contribution in [-0.4, -0.2) is 56.5 Å². The fraction of sp³-hybridized carbons (Fsp3) is 0.650. The van der Waals surface area contributed by atoms with Gasteiger partial charge >= 0.3 is 6.09 Å². The maximum atomic E-state index is 15.0. The third kappa shape index (κ3) is 3.34. The predicted octanol–water partition coefficient (Wildman–Crippen LogP) is 4.91. The molecule has 2 bridgehead atoms. The van der Waals surface area contributed by atoms with Crippen molar-refractivity contribution >= 4 is 50.3 Å². The number of carbonyl (C=O) groups is 1. The molecular weight excluding hydrogens is 477 g/mol. The number of fused-ring (bicyclic) bond motifs is 4. The SMILES string of the molecule is CC(C)(C)OC(=O)N1C[C@@H]2CC[C@H]1CN2c1nn(C2CC2)c2c(F)c(Cl)nc(Br)c12. The molecule has 30 heavy (non-hydrogen) atoms. The highest BCUT2D eigenvalue weighted by Gasteiger charge is 2.44. The summed E-state index contributed by atoms with van der Waals surface area (Å²) in [6.07, 6.45) is 3.55. The summed E-state index contributed by atoms with van der Waals surface area (Å²) < 4.78 is 22.8. The van der Waals surface area contributed by atoms with E-state index in [-0.39, 0.29) is 29.4 Å². The Kier molecular flexibility index (Phi) is 4.70. The highest BCUT2D eigenvalue weighted by atomic mass is 79.9. The van der Waals surface area contributed by atoms with Gasteiger partial charge in [-0.1, -0.05) is 11.6 Å². The predicted molar refractivity (Wildman–Crippen MR) is 116 cm³/mol. The summed E-state index contributed by atoms with van der Waals surface area (Å²) in [5.41, 5.74) is -0.121. The van der Waals surface area contributed by atoms with Gasteiger partial charge in [-0.25, -0.2) is 14.2 Å². The summed E-state index contributed by atoms with van der Waals surface area (Å²) in [7, 11) is 0. The second-order valence-corrected chi connectivity index (χ2v) is 10.5. The van der Waals surface area contributed by atoms with Crippen LogP contribution < -0.4 is 4.90 Å². The zero-order valence-electron chi connectivity index (χ0n) is 17.2. The van der Waals surface area contributed by atoms with Crippen molar-refractivity contribution in [3.63, 3.8) is 0 Å². The molecule has 4 fully saturated rings. The van der Waals surface area contributed by atoms with Gasteiger partial charge in [0.1, 0.15) is 15.7 Å². The van der Waals surface area contributed by atoms with Crippen LogP contribution in [0.15, 0.2) is 4.60 Å². The summed E-state index contributed by atoms with van der Waals surface area (Å²) in [6, 6.07) is 0.329. The Morgan fingerprint density at radius 3 is 2.43 bits per heavy atom. The Balaban J connectivity index is 1.51. The van der Waals surface area contributed by atoms with Gasteiger partial charge in [0.15, 0.2) is 16.8 Å². The van der Waals surface area contributed by atoms with E-state index in [1.807, 2.05) is 25.7 Å². The van der Waals surface area contributed by atoms with Crippen molar-refractivity contribution in [3.05, 3.63) is 15.6 Å². The molecular formula is C20H24BrClFN5O2. The number of pyridine rings is 1. The van der Waals surface area contributed by atoms with Crippen LogP contribution in [0, 0.1) is 5.82 Å². The first kappa shape index (κ1) is 20.3. The molecule has 3 saturated heterocycles. The van der Waals surface area contributed by atoms with Crippen molar-refractivity contribution in [2.45, 2.75) is 70.2 Å². The number of carbonyl (C=O) groups excluding carboxylic acids is 1. The van der Waals surface area contributed by atoms with E-state index in [1.54, 1.807) is 4.68 Å². The molecule has 7 nitrogen and oxygen atoms in total. The Labute approximate surface area is 187 Å². The second kappa shape index (κ2) is 6.95. The topological polar surface area (TPSA) is 63.5 Å². The highest BCUT2D eigenvalue weighted by Crippen LogP contribution is 2.45. The zero-order valence-corrected chi connectivity index (χ0v) is 19.5. The molecule has 2 aromatic heterocycles. The van der Waals surface area contributed by atoms with Gasteiger partial charge in [-0.05, 0) is 62.4 Å². The molecule has 2 aromatic rings. The van der Waals surface area contributed by atoms with Gasteiger partial charge in [0, 0.05) is 19.1 Å². The van der Waals surface area contributed by atoms with E-state index in [2.05, 4.69) is 25.8 Å². The monoisotopic (exact) mass is 499 g/mol. The maximum absolute atomic E-state index is 15.0. The molecule has 0 unspecified atom stereocenters. The van der Waals surface area contributed by atoms with Gasteiger partial charge in [-0.2, -0.15) is 5.10 Å². The van der Waals surface area contributed by atoms with Crippen LogP contribution in [0.4, 0.5) is 15.0 Å². The summed E-state index contributed by atoms with van der Waals surface area (Å²) >= 11 is 9.50. The van der Waals surface area contributed by atoms with Crippen molar-refractivity contribution in [2.75, 3.05) is 18.0 Å². The average molecular weight is 501 g/mol.